The van der Waals surface area contributed by atoms with Crippen molar-refractivity contribution < 1.29 is 28.2 Å². The molecule has 0 saturated carbocycles. The Hall–Kier alpha value is -2.74. The van der Waals surface area contributed by atoms with E-state index < -0.39 is 5.97 Å². The number of hydrogen-bond donors (Lipinski definition) is 0. The summed E-state index contributed by atoms with van der Waals surface area (Å²) in [5.74, 6) is 0.806. The maximum atomic E-state index is 12.6. The van der Waals surface area contributed by atoms with Crippen LogP contribution in [-0.2, 0) is 0 Å². The van der Waals surface area contributed by atoms with Gasteiger partial charge in [-0.1, -0.05) is 0 Å². The quantitative estimate of drug-likeness (QED) is 0.469. The van der Waals surface area contributed by atoms with Gasteiger partial charge in [0.25, 0.3) is 0 Å². The highest BCUT2D eigenvalue weighted by Gasteiger charge is 2.24. The van der Waals surface area contributed by atoms with Crippen molar-refractivity contribution in [2.24, 2.45) is 0 Å². The van der Waals surface area contributed by atoms with Gasteiger partial charge in [-0.05, 0) is 34.1 Å². The Morgan fingerprint density at radius 2 is 1.84 bits per heavy atom. The Labute approximate surface area is 151 Å². The lowest BCUT2D eigenvalue weighted by molar-refractivity contribution is 0.0733. The predicted molar refractivity (Wildman–Crippen MR) is 92.8 cm³/mol. The van der Waals surface area contributed by atoms with E-state index in [2.05, 4.69) is 20.9 Å². The van der Waals surface area contributed by atoms with Gasteiger partial charge in [-0.25, -0.2) is 9.78 Å². The summed E-state index contributed by atoms with van der Waals surface area (Å²) in [6, 6.07) is 6.43. The van der Waals surface area contributed by atoms with Crippen molar-refractivity contribution in [3.63, 3.8) is 0 Å². The van der Waals surface area contributed by atoms with E-state index in [9.17, 15) is 4.79 Å². The van der Waals surface area contributed by atoms with Gasteiger partial charge in [0.1, 0.15) is 11.3 Å². The summed E-state index contributed by atoms with van der Waals surface area (Å²) < 4.78 is 26.9. The number of halogens is 1. The monoisotopic (exact) mass is 407 g/mol. The first kappa shape index (κ1) is 17.1. The van der Waals surface area contributed by atoms with Crippen molar-refractivity contribution in [3.8, 4) is 23.0 Å². The number of ether oxygens (including phenoxy) is 4. The number of methoxy groups -OCH3 is 3. The fraction of sp³-hybridized carbons (Fsp3) is 0.176. The maximum absolute atomic E-state index is 12.6. The van der Waals surface area contributed by atoms with Crippen LogP contribution in [0.25, 0.3) is 11.1 Å². The molecule has 3 aromatic rings. The molecule has 0 spiro atoms. The van der Waals surface area contributed by atoms with Gasteiger partial charge >= 0.3 is 5.97 Å². The predicted octanol–water partition coefficient (Wildman–Crippen LogP) is 3.84. The topological polar surface area (TPSA) is 80.0 Å². The molecule has 25 heavy (non-hydrogen) atoms. The number of hydrogen-bond acceptors (Lipinski definition) is 7. The fourth-order valence-electron chi connectivity index (χ4n) is 2.33. The van der Waals surface area contributed by atoms with Crippen LogP contribution in [-0.4, -0.2) is 32.3 Å². The molecule has 0 unspecified atom stereocenters. The van der Waals surface area contributed by atoms with Gasteiger partial charge in [0.2, 0.25) is 5.75 Å². The van der Waals surface area contributed by atoms with Gasteiger partial charge in [0.05, 0.1) is 31.4 Å². The van der Waals surface area contributed by atoms with Crippen LogP contribution in [0.5, 0.6) is 23.0 Å². The molecule has 0 N–H and O–H groups in total. The van der Waals surface area contributed by atoms with E-state index in [1.165, 1.54) is 33.8 Å². The number of carbonyl (C=O) groups excluding carboxylic acids is 1. The molecule has 3 rings (SSSR count). The fourth-order valence-corrected chi connectivity index (χ4v) is 2.95. The zero-order valence-electron chi connectivity index (χ0n) is 13.7. The Balaban J connectivity index is 1.98. The second-order valence-electron chi connectivity index (χ2n) is 4.88. The number of nitrogens with zero attached hydrogens (tertiary/aromatic N) is 1. The largest absolute Gasteiger partial charge is 0.493 e. The van der Waals surface area contributed by atoms with Gasteiger partial charge in [-0.3, -0.25) is 0 Å². The van der Waals surface area contributed by atoms with Crippen LogP contribution < -0.4 is 18.9 Å². The number of benzene rings is 2. The van der Waals surface area contributed by atoms with E-state index in [1.54, 1.807) is 18.2 Å². The molecule has 7 nitrogen and oxygen atoms in total. The van der Waals surface area contributed by atoms with Crippen LogP contribution in [0.3, 0.4) is 0 Å². The van der Waals surface area contributed by atoms with Crippen molar-refractivity contribution in [2.75, 3.05) is 21.3 Å². The molecule has 0 radical (unpaired) electrons. The lowest BCUT2D eigenvalue weighted by Crippen LogP contribution is -2.11. The molecule has 8 heteroatoms. The Morgan fingerprint density at radius 3 is 2.52 bits per heavy atom. The Morgan fingerprint density at radius 1 is 1.08 bits per heavy atom. The molecule has 1 aromatic heterocycles. The number of rotatable bonds is 5. The van der Waals surface area contributed by atoms with E-state index in [0.717, 1.165) is 0 Å². The molecule has 0 aliphatic carbocycles. The van der Waals surface area contributed by atoms with Crippen LogP contribution in [0.1, 0.15) is 10.4 Å². The minimum absolute atomic E-state index is 0.231. The van der Waals surface area contributed by atoms with Gasteiger partial charge in [0.15, 0.2) is 23.5 Å². The average Bonchev–Trinajstić information content (AvgIpc) is 3.08. The molecule has 0 saturated heterocycles. The van der Waals surface area contributed by atoms with E-state index in [1.807, 2.05) is 0 Å². The van der Waals surface area contributed by atoms with Gasteiger partial charge < -0.3 is 23.4 Å². The summed E-state index contributed by atoms with van der Waals surface area (Å²) in [6.45, 7) is 0. The molecule has 0 aliphatic rings. The van der Waals surface area contributed by atoms with Crippen molar-refractivity contribution in [1.29, 1.82) is 0 Å². The number of oxazole rings is 1. The molecule has 1 heterocycles. The number of aromatic nitrogens is 1. The lowest BCUT2D eigenvalue weighted by atomic mass is 10.2. The van der Waals surface area contributed by atoms with E-state index >= 15 is 0 Å². The summed E-state index contributed by atoms with van der Waals surface area (Å²) in [5, 5.41) is 0. The summed E-state index contributed by atoms with van der Waals surface area (Å²) in [7, 11) is 4.42. The van der Waals surface area contributed by atoms with Crippen LogP contribution in [0.4, 0.5) is 0 Å². The van der Waals surface area contributed by atoms with E-state index in [4.69, 9.17) is 23.4 Å². The Bertz CT molecular complexity index is 936. The smallest absolute Gasteiger partial charge is 0.344 e. The highest BCUT2D eigenvalue weighted by atomic mass is 79.9. The third-order valence-corrected chi connectivity index (χ3v) is 4.29. The maximum Gasteiger partial charge on any atom is 0.344 e. The van der Waals surface area contributed by atoms with Gasteiger partial charge in [0, 0.05) is 6.07 Å². The second-order valence-corrected chi connectivity index (χ2v) is 5.67. The molecule has 130 valence electrons. The van der Waals surface area contributed by atoms with E-state index in [0.29, 0.717) is 38.6 Å². The minimum atomic E-state index is -0.589. The zero-order chi connectivity index (χ0) is 18.0. The first-order valence-corrected chi connectivity index (χ1v) is 7.92. The molecular formula is C17H14BrNO6. The Kier molecular flexibility index (Phi) is 4.80. The first-order chi connectivity index (χ1) is 12.1. The van der Waals surface area contributed by atoms with Crippen molar-refractivity contribution in [3.05, 3.63) is 40.7 Å². The van der Waals surface area contributed by atoms with Crippen molar-refractivity contribution in [1.82, 2.24) is 4.98 Å². The molecular weight excluding hydrogens is 394 g/mol. The number of esters is 1. The number of fused-ring (bicyclic) bond motifs is 1. The molecule has 0 amide bonds. The first-order valence-electron chi connectivity index (χ1n) is 7.13. The molecule has 0 fully saturated rings. The molecule has 0 atom stereocenters. The summed E-state index contributed by atoms with van der Waals surface area (Å²) in [4.78, 5) is 16.6. The average molecular weight is 408 g/mol. The highest BCUT2D eigenvalue weighted by Crippen LogP contribution is 2.45. The lowest BCUT2D eigenvalue weighted by Gasteiger charge is -2.16. The SMILES string of the molecule is COc1cc(C(=O)Oc2ccc3ocnc3c2)c(Br)c(OC)c1OC. The van der Waals surface area contributed by atoms with Crippen LogP contribution >= 0.6 is 15.9 Å². The molecule has 0 aliphatic heterocycles. The highest BCUT2D eigenvalue weighted by molar-refractivity contribution is 9.10. The molecule has 0 bridgehead atoms. The standard InChI is InChI=1S/C17H14BrNO6/c1-21-13-7-10(14(18)16(23-3)15(13)22-2)17(20)25-9-4-5-12-11(6-9)19-8-24-12/h4-8H,1-3H3. The van der Waals surface area contributed by atoms with Crippen LogP contribution in [0, 0.1) is 0 Å². The van der Waals surface area contributed by atoms with E-state index in [-0.39, 0.29) is 5.56 Å². The van der Waals surface area contributed by atoms with Crippen molar-refractivity contribution >= 4 is 33.0 Å². The molecule has 2 aromatic carbocycles. The van der Waals surface area contributed by atoms with Gasteiger partial charge in [-0.2, -0.15) is 0 Å². The third kappa shape index (κ3) is 3.12. The number of carbonyl (C=O) groups is 1. The third-order valence-electron chi connectivity index (χ3n) is 3.50. The summed E-state index contributed by atoms with van der Waals surface area (Å²) >= 11 is 3.36. The zero-order valence-corrected chi connectivity index (χ0v) is 15.2. The van der Waals surface area contributed by atoms with Crippen LogP contribution in [0.15, 0.2) is 39.5 Å². The second kappa shape index (κ2) is 7.02. The minimum Gasteiger partial charge on any atom is -0.493 e. The summed E-state index contributed by atoms with van der Waals surface area (Å²) in [5.41, 5.74) is 1.43. The normalized spacial score (nSPS) is 10.6. The van der Waals surface area contributed by atoms with Crippen molar-refractivity contribution in [2.45, 2.75) is 0 Å². The van der Waals surface area contributed by atoms with Gasteiger partial charge in [-0.15, -0.1) is 0 Å². The summed E-state index contributed by atoms with van der Waals surface area (Å²) in [6.07, 6.45) is 1.33. The van der Waals surface area contributed by atoms with Crippen LogP contribution in [0.2, 0.25) is 0 Å².